The van der Waals surface area contributed by atoms with Crippen LogP contribution in [0, 0.1) is 28.6 Å². The molecule has 0 aromatic carbocycles. The van der Waals surface area contributed by atoms with Gasteiger partial charge in [0.2, 0.25) is 0 Å². The lowest BCUT2D eigenvalue weighted by Crippen LogP contribution is -2.53. The number of ketones is 1. The van der Waals surface area contributed by atoms with Crippen LogP contribution in [0.25, 0.3) is 0 Å². The van der Waals surface area contributed by atoms with Crippen LogP contribution in [0.4, 0.5) is 0 Å². The van der Waals surface area contributed by atoms with Gasteiger partial charge in [-0.05, 0) is 61.5 Å². The topological polar surface area (TPSA) is 57.5 Å². The van der Waals surface area contributed by atoms with Gasteiger partial charge in [0, 0.05) is 17.8 Å². The van der Waals surface area contributed by atoms with Gasteiger partial charge in [0.1, 0.15) is 5.78 Å². The maximum Gasteiger partial charge on any atom is 0.134 e. The van der Waals surface area contributed by atoms with E-state index in [2.05, 4.69) is 26.0 Å². The zero-order chi connectivity index (χ0) is 17.3. The predicted molar refractivity (Wildman–Crippen MR) is 93.3 cm³/mol. The van der Waals surface area contributed by atoms with Crippen molar-refractivity contribution in [3.05, 3.63) is 35.1 Å². The minimum Gasteiger partial charge on any atom is -0.512 e. The lowest BCUT2D eigenvalue weighted by atomic mass is 9.48. The predicted octanol–water partition coefficient (Wildman–Crippen LogP) is 4.10. The number of fused-ring (bicyclic) bond motifs is 5. The fourth-order valence-corrected chi connectivity index (χ4v) is 6.23. The molecule has 0 aliphatic heterocycles. The van der Waals surface area contributed by atoms with Crippen molar-refractivity contribution in [1.29, 1.82) is 0 Å². The molecule has 0 bridgehead atoms. The average Bonchev–Trinajstić information content (AvgIpc) is 2.88. The highest BCUT2D eigenvalue weighted by molar-refractivity contribution is 5.81. The third-order valence-corrected chi connectivity index (χ3v) is 7.76. The van der Waals surface area contributed by atoms with E-state index in [0.29, 0.717) is 17.6 Å². The summed E-state index contributed by atoms with van der Waals surface area (Å²) in [5, 5.41) is 21.0. The van der Waals surface area contributed by atoms with Crippen LogP contribution < -0.4 is 0 Å². The highest BCUT2D eigenvalue weighted by Gasteiger charge is 2.59. The van der Waals surface area contributed by atoms with Crippen LogP contribution in [-0.2, 0) is 4.79 Å². The number of aliphatic hydroxyl groups is 2. The molecule has 4 rings (SSSR count). The molecule has 1 saturated carbocycles. The van der Waals surface area contributed by atoms with Crippen LogP contribution in [0.5, 0.6) is 0 Å². The monoisotopic (exact) mass is 328 g/mol. The highest BCUT2D eigenvalue weighted by Crippen LogP contribution is 2.64. The number of carbonyl (C=O) groups excluding carboxylic acids is 1. The molecule has 1 fully saturated rings. The van der Waals surface area contributed by atoms with E-state index in [1.807, 2.05) is 6.08 Å². The van der Waals surface area contributed by atoms with E-state index >= 15 is 0 Å². The number of rotatable bonds is 1. The summed E-state index contributed by atoms with van der Waals surface area (Å²) < 4.78 is 0. The molecule has 0 aromatic heterocycles. The number of hydrogen-bond donors (Lipinski definition) is 2. The number of aliphatic hydroxyl groups excluding tert-OH is 2. The van der Waals surface area contributed by atoms with Crippen LogP contribution >= 0.6 is 0 Å². The molecule has 4 aliphatic rings. The summed E-state index contributed by atoms with van der Waals surface area (Å²) in [5.41, 5.74) is 2.19. The molecule has 130 valence electrons. The van der Waals surface area contributed by atoms with Gasteiger partial charge >= 0.3 is 0 Å². The molecule has 4 unspecified atom stereocenters. The van der Waals surface area contributed by atoms with Crippen LogP contribution in [0.15, 0.2) is 35.1 Å². The van der Waals surface area contributed by atoms with E-state index in [-0.39, 0.29) is 22.5 Å². The van der Waals surface area contributed by atoms with Gasteiger partial charge in [0.05, 0.1) is 11.9 Å². The largest absolute Gasteiger partial charge is 0.512 e. The highest BCUT2D eigenvalue weighted by atomic mass is 16.3. The third kappa shape index (κ3) is 1.91. The summed E-state index contributed by atoms with van der Waals surface area (Å²) in [7, 11) is 0. The van der Waals surface area contributed by atoms with E-state index in [1.54, 1.807) is 6.92 Å². The second-order valence-corrected chi connectivity index (χ2v) is 8.75. The van der Waals surface area contributed by atoms with Gasteiger partial charge < -0.3 is 10.2 Å². The number of hydrogen-bond acceptors (Lipinski definition) is 3. The molecule has 24 heavy (non-hydrogen) atoms. The van der Waals surface area contributed by atoms with Gasteiger partial charge in [-0.25, -0.2) is 0 Å². The molecular weight excluding hydrogens is 300 g/mol. The van der Waals surface area contributed by atoms with Crippen molar-refractivity contribution < 1.29 is 15.0 Å². The maximum absolute atomic E-state index is 12.1. The first-order valence-electron chi connectivity index (χ1n) is 9.27. The Kier molecular flexibility index (Phi) is 3.41. The van der Waals surface area contributed by atoms with Gasteiger partial charge in [0.25, 0.3) is 0 Å². The quantitative estimate of drug-likeness (QED) is 0.713. The Hall–Kier alpha value is -1.35. The van der Waals surface area contributed by atoms with E-state index in [0.717, 1.165) is 32.1 Å². The first-order valence-corrected chi connectivity index (χ1v) is 9.27. The lowest BCUT2D eigenvalue weighted by molar-refractivity contribution is -0.129. The first-order chi connectivity index (χ1) is 11.3. The van der Waals surface area contributed by atoms with Crippen LogP contribution in [-0.4, -0.2) is 22.1 Å². The summed E-state index contributed by atoms with van der Waals surface area (Å²) in [5.74, 6) is 1.42. The van der Waals surface area contributed by atoms with Gasteiger partial charge in [-0.2, -0.15) is 0 Å². The Bertz CT molecular complexity index is 685. The van der Waals surface area contributed by atoms with Gasteiger partial charge in [0.15, 0.2) is 0 Å². The molecule has 0 amide bonds. The zero-order valence-electron chi connectivity index (χ0n) is 14.9. The molecular formula is C21H28O3. The minimum atomic E-state index is -0.461. The first kappa shape index (κ1) is 16.1. The van der Waals surface area contributed by atoms with Crippen molar-refractivity contribution in [2.75, 3.05) is 0 Å². The molecule has 0 aromatic rings. The molecule has 0 saturated heterocycles. The molecule has 3 heteroatoms. The fourth-order valence-electron chi connectivity index (χ4n) is 6.23. The van der Waals surface area contributed by atoms with E-state index in [4.69, 9.17) is 0 Å². The van der Waals surface area contributed by atoms with E-state index < -0.39 is 6.10 Å². The smallest absolute Gasteiger partial charge is 0.134 e. The molecule has 3 nitrogen and oxygen atoms in total. The van der Waals surface area contributed by atoms with Crippen molar-refractivity contribution in [3.8, 4) is 0 Å². The number of Topliss-reactive ketones (excluding diaryl/α,β-unsaturated/α-hetero) is 1. The summed E-state index contributed by atoms with van der Waals surface area (Å²) >= 11 is 0. The van der Waals surface area contributed by atoms with Crippen LogP contribution in [0.3, 0.4) is 0 Å². The molecule has 2 N–H and O–H groups in total. The Labute approximate surface area is 144 Å². The lowest BCUT2D eigenvalue weighted by Gasteiger charge is -2.56. The molecule has 0 heterocycles. The maximum atomic E-state index is 12.1. The SMILES string of the molecule is CC(=O)C1CC=C2C3CC=C4C=C(O)CC[C@]4(C)C3CC(O)[C@@]21C. The third-order valence-electron chi connectivity index (χ3n) is 7.76. The Morgan fingerprint density at radius 1 is 1.25 bits per heavy atom. The fraction of sp³-hybridized carbons (Fsp3) is 0.667. The summed E-state index contributed by atoms with van der Waals surface area (Å²) in [6.07, 6.45) is 10.2. The van der Waals surface area contributed by atoms with Gasteiger partial charge in [-0.3, -0.25) is 4.79 Å². The Morgan fingerprint density at radius 2 is 2.00 bits per heavy atom. The summed E-state index contributed by atoms with van der Waals surface area (Å²) in [6, 6.07) is 0. The zero-order valence-corrected chi connectivity index (χ0v) is 14.9. The van der Waals surface area contributed by atoms with Crippen molar-refractivity contribution in [1.82, 2.24) is 0 Å². The van der Waals surface area contributed by atoms with Crippen molar-refractivity contribution in [2.45, 2.75) is 59.0 Å². The summed E-state index contributed by atoms with van der Waals surface area (Å²) in [4.78, 5) is 12.1. The van der Waals surface area contributed by atoms with E-state index in [9.17, 15) is 15.0 Å². The number of allylic oxidation sites excluding steroid dienone is 5. The van der Waals surface area contributed by atoms with Crippen molar-refractivity contribution >= 4 is 5.78 Å². The minimum absolute atomic E-state index is 0.0204. The van der Waals surface area contributed by atoms with Crippen molar-refractivity contribution in [3.63, 3.8) is 0 Å². The molecule has 0 radical (unpaired) electrons. The second kappa shape index (κ2) is 5.08. The normalized spacial score (nSPS) is 46.9. The summed E-state index contributed by atoms with van der Waals surface area (Å²) in [6.45, 7) is 6.07. The average molecular weight is 328 g/mol. The molecule has 0 spiro atoms. The van der Waals surface area contributed by atoms with E-state index in [1.165, 1.54) is 11.1 Å². The van der Waals surface area contributed by atoms with Crippen LogP contribution in [0.1, 0.15) is 52.9 Å². The number of carbonyl (C=O) groups is 1. The second-order valence-electron chi connectivity index (χ2n) is 8.75. The molecule has 6 atom stereocenters. The molecule has 4 aliphatic carbocycles. The Morgan fingerprint density at radius 3 is 2.71 bits per heavy atom. The Balaban J connectivity index is 1.77. The standard InChI is InChI=1S/C21H28O3/c1-12(22)16-6-7-17-15-5-4-13-10-14(23)8-9-20(13,2)18(15)11-19(24)21(16,17)3/h4,7,10,15-16,18-19,23-24H,5-6,8-9,11H2,1-3H3/t15?,16?,18?,19?,20-,21+/m0/s1. The van der Waals surface area contributed by atoms with Gasteiger partial charge in [-0.1, -0.05) is 31.6 Å². The van der Waals surface area contributed by atoms with Crippen LogP contribution in [0.2, 0.25) is 0 Å². The van der Waals surface area contributed by atoms with Gasteiger partial charge in [-0.15, -0.1) is 0 Å². The van der Waals surface area contributed by atoms with Crippen molar-refractivity contribution in [2.24, 2.45) is 28.6 Å².